The molecule has 1 aromatic carbocycles. The molecule has 1 heterocycles. The number of aryl methyl sites for hydroxylation is 4. The van der Waals surface area contributed by atoms with Crippen molar-refractivity contribution in [1.82, 2.24) is 10.3 Å². The second-order valence-electron chi connectivity index (χ2n) is 5.09. The Kier molecular flexibility index (Phi) is 4.38. The molecule has 2 nitrogen and oxygen atoms in total. The summed E-state index contributed by atoms with van der Waals surface area (Å²) in [4.78, 5) is 5.72. The van der Waals surface area contributed by atoms with Crippen molar-refractivity contribution in [3.63, 3.8) is 0 Å². The van der Waals surface area contributed by atoms with Crippen LogP contribution in [0, 0.1) is 27.7 Å². The first-order valence-electron chi connectivity index (χ1n) is 6.75. The van der Waals surface area contributed by atoms with Crippen LogP contribution >= 0.6 is 11.3 Å². The van der Waals surface area contributed by atoms with Crippen molar-refractivity contribution in [2.75, 3.05) is 6.54 Å². The van der Waals surface area contributed by atoms with Gasteiger partial charge in [-0.25, -0.2) is 4.98 Å². The van der Waals surface area contributed by atoms with Gasteiger partial charge in [0.1, 0.15) is 0 Å². The molecule has 0 aliphatic carbocycles. The molecule has 0 fully saturated rings. The highest BCUT2D eigenvalue weighted by Gasteiger charge is 2.19. The minimum absolute atomic E-state index is 0.261. The van der Waals surface area contributed by atoms with E-state index < -0.39 is 0 Å². The van der Waals surface area contributed by atoms with Crippen molar-refractivity contribution < 1.29 is 0 Å². The van der Waals surface area contributed by atoms with Gasteiger partial charge in [-0.15, -0.1) is 11.3 Å². The Morgan fingerprint density at radius 3 is 2.37 bits per heavy atom. The van der Waals surface area contributed by atoms with Crippen LogP contribution in [-0.4, -0.2) is 11.5 Å². The molecule has 0 saturated heterocycles. The maximum atomic E-state index is 4.39. The maximum Gasteiger partial charge on any atom is 0.0798 e. The van der Waals surface area contributed by atoms with Crippen LogP contribution in [0.1, 0.15) is 45.8 Å². The zero-order valence-electron chi connectivity index (χ0n) is 12.4. The SMILES string of the molecule is CCNC(c1cc(C)c(C)cc1C)c1scnc1C. The lowest BCUT2D eigenvalue weighted by atomic mass is 9.94. The highest BCUT2D eigenvalue weighted by atomic mass is 32.1. The molecule has 0 aliphatic heterocycles. The highest BCUT2D eigenvalue weighted by Crippen LogP contribution is 2.31. The van der Waals surface area contributed by atoms with Crippen LogP contribution in [0.4, 0.5) is 0 Å². The number of thiazole rings is 1. The second-order valence-corrected chi connectivity index (χ2v) is 5.97. The van der Waals surface area contributed by atoms with Gasteiger partial charge in [-0.3, -0.25) is 0 Å². The Morgan fingerprint density at radius 1 is 1.11 bits per heavy atom. The smallest absolute Gasteiger partial charge is 0.0798 e. The van der Waals surface area contributed by atoms with Gasteiger partial charge in [0.25, 0.3) is 0 Å². The number of hydrogen-bond donors (Lipinski definition) is 1. The van der Waals surface area contributed by atoms with Gasteiger partial charge in [0.2, 0.25) is 0 Å². The van der Waals surface area contributed by atoms with Crippen LogP contribution in [0.15, 0.2) is 17.6 Å². The molecule has 0 spiro atoms. The lowest BCUT2D eigenvalue weighted by Gasteiger charge is -2.21. The van der Waals surface area contributed by atoms with E-state index in [0.29, 0.717) is 0 Å². The van der Waals surface area contributed by atoms with Gasteiger partial charge in [-0.1, -0.05) is 19.1 Å². The van der Waals surface area contributed by atoms with Gasteiger partial charge in [-0.2, -0.15) is 0 Å². The standard InChI is InChI=1S/C16H22N2S/c1-6-17-15(16-13(5)18-9-19-16)14-8-11(3)10(2)7-12(14)4/h7-9,15,17H,6H2,1-5H3. The zero-order valence-corrected chi connectivity index (χ0v) is 13.2. The molecule has 19 heavy (non-hydrogen) atoms. The summed E-state index contributed by atoms with van der Waals surface area (Å²) >= 11 is 1.74. The summed E-state index contributed by atoms with van der Waals surface area (Å²) in [5.41, 5.74) is 8.50. The van der Waals surface area contributed by atoms with Crippen LogP contribution in [-0.2, 0) is 0 Å². The molecular formula is C16H22N2S. The highest BCUT2D eigenvalue weighted by molar-refractivity contribution is 7.09. The van der Waals surface area contributed by atoms with Crippen LogP contribution in [0.25, 0.3) is 0 Å². The summed E-state index contributed by atoms with van der Waals surface area (Å²) in [6, 6.07) is 4.86. The first kappa shape index (κ1) is 14.2. The summed E-state index contributed by atoms with van der Waals surface area (Å²) in [5.74, 6) is 0. The summed E-state index contributed by atoms with van der Waals surface area (Å²) in [6.07, 6.45) is 0. The molecule has 1 unspecified atom stereocenters. The van der Waals surface area contributed by atoms with E-state index in [9.17, 15) is 0 Å². The molecule has 2 aromatic rings. The number of nitrogens with one attached hydrogen (secondary N) is 1. The molecule has 1 atom stereocenters. The quantitative estimate of drug-likeness (QED) is 0.909. The van der Waals surface area contributed by atoms with E-state index in [1.807, 2.05) is 5.51 Å². The predicted octanol–water partition coefficient (Wildman–Crippen LogP) is 4.08. The van der Waals surface area contributed by atoms with E-state index in [-0.39, 0.29) is 6.04 Å². The Hall–Kier alpha value is -1.19. The number of benzene rings is 1. The Morgan fingerprint density at radius 2 is 1.79 bits per heavy atom. The van der Waals surface area contributed by atoms with Crippen molar-refractivity contribution in [1.29, 1.82) is 0 Å². The van der Waals surface area contributed by atoms with Gasteiger partial charge >= 0.3 is 0 Å². The fourth-order valence-corrected chi connectivity index (χ4v) is 3.32. The topological polar surface area (TPSA) is 24.9 Å². The van der Waals surface area contributed by atoms with Crippen molar-refractivity contribution in [3.8, 4) is 0 Å². The third kappa shape index (κ3) is 2.88. The normalized spacial score (nSPS) is 12.7. The van der Waals surface area contributed by atoms with E-state index in [2.05, 4.69) is 57.1 Å². The predicted molar refractivity (Wildman–Crippen MR) is 83.0 cm³/mol. The van der Waals surface area contributed by atoms with Crippen molar-refractivity contribution >= 4 is 11.3 Å². The van der Waals surface area contributed by atoms with E-state index in [4.69, 9.17) is 0 Å². The van der Waals surface area contributed by atoms with E-state index in [1.165, 1.54) is 27.1 Å². The summed E-state index contributed by atoms with van der Waals surface area (Å²) < 4.78 is 0. The third-order valence-electron chi connectivity index (χ3n) is 3.65. The molecule has 0 bridgehead atoms. The average Bonchev–Trinajstić information content (AvgIpc) is 2.77. The summed E-state index contributed by atoms with van der Waals surface area (Å²) in [5, 5.41) is 3.60. The van der Waals surface area contributed by atoms with Gasteiger partial charge in [-0.05, 0) is 56.5 Å². The first-order chi connectivity index (χ1) is 9.04. The van der Waals surface area contributed by atoms with Gasteiger partial charge in [0.05, 0.1) is 17.2 Å². The van der Waals surface area contributed by atoms with Crippen LogP contribution < -0.4 is 5.32 Å². The van der Waals surface area contributed by atoms with Crippen molar-refractivity contribution in [3.05, 3.63) is 50.5 Å². The second kappa shape index (κ2) is 5.85. The summed E-state index contributed by atoms with van der Waals surface area (Å²) in [6.45, 7) is 11.7. The largest absolute Gasteiger partial charge is 0.306 e. The number of aromatic nitrogens is 1. The number of rotatable bonds is 4. The first-order valence-corrected chi connectivity index (χ1v) is 7.63. The fraction of sp³-hybridized carbons (Fsp3) is 0.438. The Labute approximate surface area is 119 Å². The molecule has 1 aromatic heterocycles. The van der Waals surface area contributed by atoms with Gasteiger partial charge in [0.15, 0.2) is 0 Å². The van der Waals surface area contributed by atoms with Crippen molar-refractivity contribution in [2.45, 2.75) is 40.7 Å². The number of hydrogen-bond acceptors (Lipinski definition) is 3. The lowest BCUT2D eigenvalue weighted by molar-refractivity contribution is 0.632. The third-order valence-corrected chi connectivity index (χ3v) is 4.64. The summed E-state index contributed by atoms with van der Waals surface area (Å²) in [7, 11) is 0. The fourth-order valence-electron chi connectivity index (χ4n) is 2.43. The zero-order chi connectivity index (χ0) is 14.0. The van der Waals surface area contributed by atoms with Crippen LogP contribution in [0.5, 0.6) is 0 Å². The average molecular weight is 274 g/mol. The lowest BCUT2D eigenvalue weighted by Crippen LogP contribution is -2.23. The molecule has 3 heteroatoms. The van der Waals surface area contributed by atoms with E-state index in [0.717, 1.165) is 12.2 Å². The molecule has 0 aliphatic rings. The van der Waals surface area contributed by atoms with E-state index in [1.54, 1.807) is 11.3 Å². The maximum absolute atomic E-state index is 4.39. The Balaban J connectivity index is 2.51. The van der Waals surface area contributed by atoms with Crippen molar-refractivity contribution in [2.24, 2.45) is 0 Å². The Bertz CT molecular complexity index is 572. The molecule has 102 valence electrons. The van der Waals surface area contributed by atoms with Gasteiger partial charge in [0, 0.05) is 4.88 Å². The minimum Gasteiger partial charge on any atom is -0.306 e. The van der Waals surface area contributed by atoms with Crippen LogP contribution in [0.2, 0.25) is 0 Å². The number of nitrogens with zero attached hydrogens (tertiary/aromatic N) is 1. The monoisotopic (exact) mass is 274 g/mol. The molecule has 0 amide bonds. The molecule has 1 N–H and O–H groups in total. The molecular weight excluding hydrogens is 252 g/mol. The minimum atomic E-state index is 0.261. The van der Waals surface area contributed by atoms with Crippen LogP contribution in [0.3, 0.4) is 0 Å². The van der Waals surface area contributed by atoms with Gasteiger partial charge < -0.3 is 5.32 Å². The van der Waals surface area contributed by atoms with E-state index >= 15 is 0 Å². The molecule has 0 radical (unpaired) electrons. The molecule has 0 saturated carbocycles. The molecule has 2 rings (SSSR count).